The molecule has 0 bridgehead atoms. The number of carboxylic acid groups (broad SMARTS) is 1. The Morgan fingerprint density at radius 3 is 2.68 bits per heavy atom. The average Bonchev–Trinajstić information content (AvgIpc) is 2.34. The second-order valence-electron chi connectivity index (χ2n) is 3.84. The van der Waals surface area contributed by atoms with Gasteiger partial charge in [0.25, 0.3) is 5.56 Å². The van der Waals surface area contributed by atoms with Gasteiger partial charge in [0, 0.05) is 0 Å². The summed E-state index contributed by atoms with van der Waals surface area (Å²) in [4.78, 5) is 26.5. The van der Waals surface area contributed by atoms with E-state index in [1.165, 1.54) is 22.9 Å². The van der Waals surface area contributed by atoms with Gasteiger partial charge in [-0.25, -0.2) is 9.78 Å². The van der Waals surface area contributed by atoms with Gasteiger partial charge in [-0.2, -0.15) is 0 Å². The summed E-state index contributed by atoms with van der Waals surface area (Å²) < 4.78 is 1.18. The van der Waals surface area contributed by atoms with E-state index in [0.717, 1.165) is 0 Å². The Balaban J connectivity index is 2.75. The van der Waals surface area contributed by atoms with Crippen LogP contribution >= 0.6 is 23.2 Å². The monoisotopic (exact) mass is 298 g/mol. The number of rotatable bonds is 2. The average molecular weight is 299 g/mol. The van der Waals surface area contributed by atoms with Crippen LogP contribution in [0.15, 0.2) is 29.2 Å². The zero-order valence-corrected chi connectivity index (χ0v) is 11.2. The minimum atomic E-state index is -1.08. The molecule has 0 aliphatic carbocycles. The zero-order chi connectivity index (χ0) is 14.2. The summed E-state index contributed by atoms with van der Waals surface area (Å²) in [6, 6.07) is 4.44. The fourth-order valence-electron chi connectivity index (χ4n) is 1.62. The van der Waals surface area contributed by atoms with Crippen LogP contribution in [0.3, 0.4) is 0 Å². The Morgan fingerprint density at radius 1 is 1.37 bits per heavy atom. The fraction of sp³-hybridized carbons (Fsp3) is 0.0833. The summed E-state index contributed by atoms with van der Waals surface area (Å²) in [5, 5.41) is 8.75. The first-order valence-corrected chi connectivity index (χ1v) is 5.95. The highest BCUT2D eigenvalue weighted by atomic mass is 35.5. The minimum Gasteiger partial charge on any atom is -0.478 e. The van der Waals surface area contributed by atoms with E-state index in [9.17, 15) is 9.59 Å². The number of halogens is 2. The maximum atomic E-state index is 11.9. The van der Waals surface area contributed by atoms with Crippen LogP contribution in [0, 0.1) is 6.92 Å². The summed E-state index contributed by atoms with van der Waals surface area (Å²) >= 11 is 11.4. The predicted octanol–water partition coefficient (Wildman–Crippen LogP) is 2.55. The van der Waals surface area contributed by atoms with E-state index in [4.69, 9.17) is 28.3 Å². The van der Waals surface area contributed by atoms with Crippen molar-refractivity contribution in [3.63, 3.8) is 0 Å². The summed E-state index contributed by atoms with van der Waals surface area (Å²) in [7, 11) is 0. The van der Waals surface area contributed by atoms with Crippen LogP contribution in [0.2, 0.25) is 10.3 Å². The zero-order valence-electron chi connectivity index (χ0n) is 9.72. The van der Waals surface area contributed by atoms with Crippen molar-refractivity contribution in [2.75, 3.05) is 0 Å². The highest BCUT2D eigenvalue weighted by molar-refractivity contribution is 6.32. The topological polar surface area (TPSA) is 72.2 Å². The number of hydrogen-bond acceptors (Lipinski definition) is 3. The van der Waals surface area contributed by atoms with E-state index in [1.54, 1.807) is 13.0 Å². The third-order valence-corrected chi connectivity index (χ3v) is 2.98. The first-order valence-electron chi connectivity index (χ1n) is 5.19. The second kappa shape index (κ2) is 5.03. The fourth-order valence-corrected chi connectivity index (χ4v) is 2.02. The number of carboxylic acids is 1. The molecule has 2 aromatic rings. The lowest BCUT2D eigenvalue weighted by Crippen LogP contribution is -2.20. The molecular formula is C12H8Cl2N2O3. The molecule has 0 saturated carbocycles. The van der Waals surface area contributed by atoms with E-state index in [2.05, 4.69) is 4.98 Å². The van der Waals surface area contributed by atoms with Crippen LogP contribution in [0.1, 0.15) is 15.9 Å². The van der Waals surface area contributed by atoms with Gasteiger partial charge >= 0.3 is 5.97 Å². The van der Waals surface area contributed by atoms with Crippen molar-refractivity contribution >= 4 is 29.2 Å². The molecule has 0 radical (unpaired) electrons. The summed E-state index contributed by atoms with van der Waals surface area (Å²) in [5.74, 6) is -1.08. The third-order valence-electron chi connectivity index (χ3n) is 2.55. The molecule has 0 saturated heterocycles. The Bertz CT molecular complexity index is 725. The largest absolute Gasteiger partial charge is 0.478 e. The number of nitrogens with zero attached hydrogens (tertiary/aromatic N) is 2. The molecule has 98 valence electrons. The van der Waals surface area contributed by atoms with Crippen LogP contribution < -0.4 is 5.56 Å². The lowest BCUT2D eigenvalue weighted by Gasteiger charge is -2.10. The maximum absolute atomic E-state index is 11.9. The SMILES string of the molecule is Cc1ccc(C(=O)O)cc1-n1cc(Cl)nc(Cl)c1=O. The lowest BCUT2D eigenvalue weighted by molar-refractivity contribution is 0.0697. The molecule has 0 unspecified atom stereocenters. The molecule has 1 N–H and O–H groups in total. The molecule has 19 heavy (non-hydrogen) atoms. The highest BCUT2D eigenvalue weighted by Crippen LogP contribution is 2.17. The van der Waals surface area contributed by atoms with Gasteiger partial charge in [0.1, 0.15) is 5.15 Å². The van der Waals surface area contributed by atoms with E-state index in [-0.39, 0.29) is 15.9 Å². The molecule has 0 fully saturated rings. The van der Waals surface area contributed by atoms with E-state index < -0.39 is 11.5 Å². The predicted molar refractivity (Wildman–Crippen MR) is 71.6 cm³/mol. The van der Waals surface area contributed by atoms with Gasteiger partial charge in [-0.3, -0.25) is 9.36 Å². The Labute approximate surface area is 118 Å². The Kier molecular flexibility index (Phi) is 3.59. The first-order chi connectivity index (χ1) is 8.90. The van der Waals surface area contributed by atoms with Crippen molar-refractivity contribution in [1.29, 1.82) is 0 Å². The highest BCUT2D eigenvalue weighted by Gasteiger charge is 2.12. The molecule has 5 nitrogen and oxygen atoms in total. The van der Waals surface area contributed by atoms with Crippen LogP contribution in [0.5, 0.6) is 0 Å². The molecule has 0 aliphatic rings. The quantitative estimate of drug-likeness (QED) is 0.925. The van der Waals surface area contributed by atoms with Crippen molar-refractivity contribution in [3.8, 4) is 5.69 Å². The van der Waals surface area contributed by atoms with Gasteiger partial charge in [-0.05, 0) is 24.6 Å². The molecule has 7 heteroatoms. The molecule has 0 atom stereocenters. The summed E-state index contributed by atoms with van der Waals surface area (Å²) in [6.07, 6.45) is 1.30. The van der Waals surface area contributed by atoms with Gasteiger partial charge in [0.05, 0.1) is 17.4 Å². The molecule has 0 aliphatic heterocycles. The molecule has 1 aromatic heterocycles. The van der Waals surface area contributed by atoms with Crippen molar-refractivity contribution in [2.24, 2.45) is 0 Å². The summed E-state index contributed by atoms with van der Waals surface area (Å²) in [6.45, 7) is 1.75. The molecular weight excluding hydrogens is 291 g/mol. The Hall–Kier alpha value is -1.85. The molecule has 1 aromatic carbocycles. The molecule has 0 amide bonds. The summed E-state index contributed by atoms with van der Waals surface area (Å²) in [5.41, 5.74) is 0.620. The normalized spacial score (nSPS) is 10.5. The van der Waals surface area contributed by atoms with Gasteiger partial charge in [-0.1, -0.05) is 29.3 Å². The van der Waals surface area contributed by atoms with E-state index in [1.807, 2.05) is 0 Å². The van der Waals surface area contributed by atoms with Crippen LogP contribution in [0.4, 0.5) is 0 Å². The standard InChI is InChI=1S/C12H8Cl2N2O3/c1-6-2-3-7(12(18)19)4-8(6)16-5-9(13)15-10(14)11(16)17/h2-5H,1H3,(H,18,19). The number of benzene rings is 1. The van der Waals surface area contributed by atoms with Crippen LogP contribution in [-0.2, 0) is 0 Å². The van der Waals surface area contributed by atoms with Crippen LogP contribution in [-0.4, -0.2) is 20.6 Å². The number of carbonyl (C=O) groups is 1. The van der Waals surface area contributed by atoms with Crippen molar-refractivity contribution in [3.05, 3.63) is 56.2 Å². The molecule has 0 spiro atoms. The van der Waals surface area contributed by atoms with Crippen molar-refractivity contribution < 1.29 is 9.90 Å². The van der Waals surface area contributed by atoms with E-state index >= 15 is 0 Å². The number of aromatic nitrogens is 2. The van der Waals surface area contributed by atoms with E-state index in [0.29, 0.717) is 11.3 Å². The Morgan fingerprint density at radius 2 is 2.05 bits per heavy atom. The minimum absolute atomic E-state index is 0.0460. The lowest BCUT2D eigenvalue weighted by atomic mass is 10.1. The maximum Gasteiger partial charge on any atom is 0.335 e. The molecule has 2 rings (SSSR count). The second-order valence-corrected chi connectivity index (χ2v) is 4.58. The number of aromatic carboxylic acids is 1. The van der Waals surface area contributed by atoms with Gasteiger partial charge in [0.15, 0.2) is 5.15 Å². The third kappa shape index (κ3) is 2.62. The molecule has 1 heterocycles. The number of aryl methyl sites for hydroxylation is 1. The van der Waals surface area contributed by atoms with Crippen molar-refractivity contribution in [2.45, 2.75) is 6.92 Å². The first kappa shape index (κ1) is 13.6. The van der Waals surface area contributed by atoms with Gasteiger partial charge in [0.2, 0.25) is 0 Å². The smallest absolute Gasteiger partial charge is 0.335 e. The van der Waals surface area contributed by atoms with Crippen LogP contribution in [0.25, 0.3) is 5.69 Å². The van der Waals surface area contributed by atoms with Gasteiger partial charge in [-0.15, -0.1) is 0 Å². The van der Waals surface area contributed by atoms with Gasteiger partial charge < -0.3 is 5.11 Å². The number of hydrogen-bond donors (Lipinski definition) is 1. The van der Waals surface area contributed by atoms with Crippen molar-refractivity contribution in [1.82, 2.24) is 9.55 Å².